The highest BCUT2D eigenvalue weighted by Gasteiger charge is 2.52. The van der Waals surface area contributed by atoms with Crippen LogP contribution in [0.15, 0.2) is 0 Å². The number of methoxy groups -OCH3 is 1. The summed E-state index contributed by atoms with van der Waals surface area (Å²) in [5.74, 6) is -2.63. The van der Waals surface area contributed by atoms with Crippen molar-refractivity contribution in [2.45, 2.75) is 58.4 Å². The second kappa shape index (κ2) is 9.33. The van der Waals surface area contributed by atoms with E-state index in [1.807, 2.05) is 0 Å². The van der Waals surface area contributed by atoms with E-state index < -0.39 is 54.6 Å². The lowest BCUT2D eigenvalue weighted by Crippen LogP contribution is -2.62. The lowest BCUT2D eigenvalue weighted by atomic mass is 9.98. The molecule has 0 aromatic carbocycles. The van der Waals surface area contributed by atoms with Crippen LogP contribution in [0.4, 0.5) is 0 Å². The van der Waals surface area contributed by atoms with E-state index in [1.54, 1.807) is 0 Å². The average molecular weight is 362 g/mol. The summed E-state index contributed by atoms with van der Waals surface area (Å²) in [6, 6.07) is 0. The van der Waals surface area contributed by atoms with Crippen LogP contribution in [0.1, 0.15) is 27.7 Å². The number of hydrogen-bond donors (Lipinski definition) is 0. The lowest BCUT2D eigenvalue weighted by Gasteiger charge is -2.43. The fourth-order valence-electron chi connectivity index (χ4n) is 2.40. The molecule has 10 heteroatoms. The van der Waals surface area contributed by atoms with Gasteiger partial charge in [-0.2, -0.15) is 0 Å². The van der Waals surface area contributed by atoms with E-state index in [-0.39, 0.29) is 6.61 Å². The molecule has 3 unspecified atom stereocenters. The van der Waals surface area contributed by atoms with E-state index in [9.17, 15) is 19.2 Å². The molecule has 0 bridgehead atoms. The summed E-state index contributed by atoms with van der Waals surface area (Å²) in [7, 11) is 1.32. The Labute approximate surface area is 144 Å². The van der Waals surface area contributed by atoms with Crippen molar-refractivity contribution in [3.63, 3.8) is 0 Å². The van der Waals surface area contributed by atoms with Crippen LogP contribution in [-0.2, 0) is 47.6 Å². The lowest BCUT2D eigenvalue weighted by molar-refractivity contribution is -0.301. The van der Waals surface area contributed by atoms with Crippen molar-refractivity contribution >= 4 is 23.9 Å². The van der Waals surface area contributed by atoms with Gasteiger partial charge in [0.1, 0.15) is 18.8 Å². The van der Waals surface area contributed by atoms with Gasteiger partial charge in [0.05, 0.1) is 0 Å². The van der Waals surface area contributed by atoms with Gasteiger partial charge >= 0.3 is 23.9 Å². The zero-order valence-corrected chi connectivity index (χ0v) is 14.7. The Morgan fingerprint density at radius 3 is 1.72 bits per heavy atom. The van der Waals surface area contributed by atoms with Gasteiger partial charge in [0.25, 0.3) is 0 Å². The summed E-state index contributed by atoms with van der Waals surface area (Å²) in [5, 5.41) is 0. The largest absolute Gasteiger partial charge is 0.463 e. The third-order valence-electron chi connectivity index (χ3n) is 3.20. The van der Waals surface area contributed by atoms with Crippen molar-refractivity contribution in [3.8, 4) is 0 Å². The summed E-state index contributed by atoms with van der Waals surface area (Å²) in [4.78, 5) is 45.2. The van der Waals surface area contributed by atoms with Gasteiger partial charge in [0, 0.05) is 34.8 Å². The second-order valence-electron chi connectivity index (χ2n) is 5.30. The molecule has 0 amide bonds. The molecule has 1 fully saturated rings. The molecular weight excluding hydrogens is 340 g/mol. The SMILES string of the molecule is CO[C@H]1C(COC(C)=O)O[C@H](OC(C)=O)C(OC(C)=O)C1OC(C)=O. The monoisotopic (exact) mass is 362 g/mol. The number of esters is 4. The van der Waals surface area contributed by atoms with Crippen molar-refractivity contribution in [3.05, 3.63) is 0 Å². The predicted octanol–water partition coefficient (Wildman–Crippen LogP) is -0.284. The predicted molar refractivity (Wildman–Crippen MR) is 79.0 cm³/mol. The Morgan fingerprint density at radius 1 is 0.760 bits per heavy atom. The molecule has 1 rings (SSSR count). The summed E-state index contributed by atoms with van der Waals surface area (Å²) in [5.41, 5.74) is 0. The Hall–Kier alpha value is -2.20. The van der Waals surface area contributed by atoms with Crippen LogP contribution in [-0.4, -0.2) is 68.3 Å². The smallest absolute Gasteiger partial charge is 0.305 e. The van der Waals surface area contributed by atoms with Crippen LogP contribution in [0.3, 0.4) is 0 Å². The quantitative estimate of drug-likeness (QED) is 0.460. The van der Waals surface area contributed by atoms with Crippen LogP contribution in [0, 0.1) is 0 Å². The van der Waals surface area contributed by atoms with E-state index in [0.717, 1.165) is 20.8 Å². The van der Waals surface area contributed by atoms with Gasteiger partial charge in [0.15, 0.2) is 6.10 Å². The van der Waals surface area contributed by atoms with Gasteiger partial charge in [-0.1, -0.05) is 0 Å². The molecule has 0 spiro atoms. The van der Waals surface area contributed by atoms with Crippen LogP contribution in [0.2, 0.25) is 0 Å². The average Bonchev–Trinajstić information content (AvgIpc) is 2.47. The second-order valence-corrected chi connectivity index (χ2v) is 5.30. The number of hydrogen-bond acceptors (Lipinski definition) is 10. The minimum atomic E-state index is -1.36. The Balaban J connectivity index is 3.16. The van der Waals surface area contributed by atoms with E-state index >= 15 is 0 Å². The third-order valence-corrected chi connectivity index (χ3v) is 3.20. The van der Waals surface area contributed by atoms with Crippen molar-refractivity contribution in [2.24, 2.45) is 0 Å². The van der Waals surface area contributed by atoms with Gasteiger partial charge in [0.2, 0.25) is 12.4 Å². The summed E-state index contributed by atoms with van der Waals surface area (Å²) < 4.78 is 31.1. The standard InChI is InChI=1S/C15H22O10/c1-7(16)21-6-11-12(20-5)13(22-8(2)17)14(23-9(3)18)15(25-11)24-10(4)19/h11-15H,6H2,1-5H3/t11?,12-,13?,14?,15-/m0/s1. The highest BCUT2D eigenvalue weighted by molar-refractivity contribution is 5.68. The van der Waals surface area contributed by atoms with Gasteiger partial charge < -0.3 is 28.4 Å². The zero-order chi connectivity index (χ0) is 19.1. The molecule has 0 aliphatic carbocycles. The maximum atomic E-state index is 11.5. The van der Waals surface area contributed by atoms with Crippen molar-refractivity contribution in [2.75, 3.05) is 13.7 Å². The molecule has 10 nitrogen and oxygen atoms in total. The molecular formula is C15H22O10. The molecule has 1 aliphatic heterocycles. The molecule has 1 aliphatic rings. The maximum Gasteiger partial charge on any atom is 0.305 e. The highest BCUT2D eigenvalue weighted by Crippen LogP contribution is 2.29. The van der Waals surface area contributed by atoms with Gasteiger partial charge in [-0.05, 0) is 0 Å². The maximum absolute atomic E-state index is 11.5. The molecule has 1 heterocycles. The topological polar surface area (TPSA) is 124 Å². The number of carbonyl (C=O) groups is 4. The number of rotatable bonds is 6. The minimum Gasteiger partial charge on any atom is -0.463 e. The molecule has 0 aromatic rings. The molecule has 5 atom stereocenters. The van der Waals surface area contributed by atoms with E-state index in [0.29, 0.717) is 0 Å². The molecule has 0 aromatic heterocycles. The normalized spacial score (nSPS) is 28.6. The molecule has 142 valence electrons. The highest BCUT2D eigenvalue weighted by atomic mass is 16.7. The molecule has 0 N–H and O–H groups in total. The zero-order valence-electron chi connectivity index (χ0n) is 14.7. The number of ether oxygens (including phenoxy) is 6. The fourth-order valence-corrected chi connectivity index (χ4v) is 2.40. The summed E-state index contributed by atoms with van der Waals surface area (Å²) in [6.07, 6.45) is -5.60. The van der Waals surface area contributed by atoms with Crippen LogP contribution in [0.25, 0.3) is 0 Å². The third kappa shape index (κ3) is 6.31. The van der Waals surface area contributed by atoms with Crippen LogP contribution < -0.4 is 0 Å². The first kappa shape index (κ1) is 20.8. The Bertz CT molecular complexity index is 516. The van der Waals surface area contributed by atoms with Crippen LogP contribution in [0.5, 0.6) is 0 Å². The van der Waals surface area contributed by atoms with Gasteiger partial charge in [-0.3, -0.25) is 19.2 Å². The minimum absolute atomic E-state index is 0.240. The van der Waals surface area contributed by atoms with Gasteiger partial charge in [-0.25, -0.2) is 0 Å². The van der Waals surface area contributed by atoms with E-state index in [1.165, 1.54) is 14.0 Å². The molecule has 0 radical (unpaired) electrons. The van der Waals surface area contributed by atoms with E-state index in [2.05, 4.69) is 0 Å². The van der Waals surface area contributed by atoms with Crippen LogP contribution >= 0.6 is 0 Å². The van der Waals surface area contributed by atoms with Crippen molar-refractivity contribution < 1.29 is 47.6 Å². The summed E-state index contributed by atoms with van der Waals surface area (Å²) in [6.45, 7) is 4.41. The fraction of sp³-hybridized carbons (Fsp3) is 0.733. The van der Waals surface area contributed by atoms with Crippen molar-refractivity contribution in [1.29, 1.82) is 0 Å². The summed E-state index contributed by atoms with van der Waals surface area (Å²) >= 11 is 0. The first-order valence-corrected chi connectivity index (χ1v) is 7.49. The molecule has 0 saturated carbocycles. The number of carbonyl (C=O) groups excluding carboxylic acids is 4. The Kier molecular flexibility index (Phi) is 7.78. The molecule has 25 heavy (non-hydrogen) atoms. The first-order chi connectivity index (χ1) is 11.6. The molecule has 1 saturated heterocycles. The first-order valence-electron chi connectivity index (χ1n) is 7.49. The van der Waals surface area contributed by atoms with Crippen molar-refractivity contribution in [1.82, 2.24) is 0 Å². The van der Waals surface area contributed by atoms with E-state index in [4.69, 9.17) is 28.4 Å². The Morgan fingerprint density at radius 2 is 1.28 bits per heavy atom. The van der Waals surface area contributed by atoms with Gasteiger partial charge in [-0.15, -0.1) is 0 Å².